The number of aryl methyl sites for hydroxylation is 1. The number of ether oxygens (including phenoxy) is 1. The minimum atomic E-state index is -0.171. The summed E-state index contributed by atoms with van der Waals surface area (Å²) >= 11 is 5.85. The average molecular weight is 398 g/mol. The zero-order valence-corrected chi connectivity index (χ0v) is 16.4. The van der Waals surface area contributed by atoms with Crippen LogP contribution in [0.5, 0.6) is 5.75 Å². The summed E-state index contributed by atoms with van der Waals surface area (Å²) in [6, 6.07) is 17.1. The van der Waals surface area contributed by atoms with Crippen LogP contribution >= 0.6 is 11.6 Å². The van der Waals surface area contributed by atoms with Crippen molar-refractivity contribution in [3.63, 3.8) is 0 Å². The van der Waals surface area contributed by atoms with E-state index in [9.17, 15) is 9.59 Å². The van der Waals surface area contributed by atoms with Crippen LogP contribution < -0.4 is 4.74 Å². The van der Waals surface area contributed by atoms with Gasteiger partial charge in [0.25, 0.3) is 5.91 Å². The van der Waals surface area contributed by atoms with Gasteiger partial charge in [-0.15, -0.1) is 0 Å². The van der Waals surface area contributed by atoms with E-state index < -0.39 is 0 Å². The highest BCUT2D eigenvalue weighted by molar-refractivity contribution is 6.30. The van der Waals surface area contributed by atoms with Gasteiger partial charge in [-0.05, 0) is 67.6 Å². The lowest BCUT2D eigenvalue weighted by Crippen LogP contribution is -2.30. The Labute approximate surface area is 168 Å². The van der Waals surface area contributed by atoms with Crippen LogP contribution in [0.3, 0.4) is 0 Å². The minimum Gasteiger partial charge on any atom is -0.484 e. The molecule has 3 aromatic rings. The van der Waals surface area contributed by atoms with E-state index >= 15 is 0 Å². The van der Waals surface area contributed by atoms with E-state index in [0.29, 0.717) is 28.4 Å². The summed E-state index contributed by atoms with van der Waals surface area (Å²) in [4.78, 5) is 26.2. The number of carbonyl (C=O) groups is 2. The molecular formula is C22H20ClNO4. The Kier molecular flexibility index (Phi) is 6.16. The Morgan fingerprint density at radius 3 is 2.14 bits per heavy atom. The lowest BCUT2D eigenvalue weighted by atomic mass is 10.0. The second kappa shape index (κ2) is 8.76. The third-order valence-electron chi connectivity index (χ3n) is 4.20. The number of halogens is 1. The Hall–Kier alpha value is -3.05. The standard InChI is InChI=1S/C22H20ClNO4/c1-15-3-10-20(28-15)13-24(2)21(25)14-27-19-11-6-17(7-12-19)22(26)16-4-8-18(23)9-5-16/h3-12H,13-14H2,1-2H3. The number of hydrogen-bond acceptors (Lipinski definition) is 4. The Morgan fingerprint density at radius 1 is 0.964 bits per heavy atom. The molecule has 0 unspecified atom stereocenters. The summed E-state index contributed by atoms with van der Waals surface area (Å²) in [5.74, 6) is 1.77. The lowest BCUT2D eigenvalue weighted by Gasteiger charge is -2.16. The van der Waals surface area contributed by atoms with E-state index in [0.717, 1.165) is 11.5 Å². The van der Waals surface area contributed by atoms with Gasteiger partial charge in [0, 0.05) is 23.2 Å². The van der Waals surface area contributed by atoms with E-state index in [1.807, 2.05) is 19.1 Å². The maximum absolute atomic E-state index is 12.4. The summed E-state index contributed by atoms with van der Waals surface area (Å²) in [7, 11) is 1.69. The number of hydrogen-bond donors (Lipinski definition) is 0. The van der Waals surface area contributed by atoms with Crippen molar-refractivity contribution in [2.24, 2.45) is 0 Å². The van der Waals surface area contributed by atoms with E-state index in [1.54, 1.807) is 55.6 Å². The zero-order chi connectivity index (χ0) is 20.1. The molecule has 3 rings (SSSR count). The second-order valence-electron chi connectivity index (χ2n) is 6.41. The van der Waals surface area contributed by atoms with Crippen LogP contribution in [-0.4, -0.2) is 30.2 Å². The highest BCUT2D eigenvalue weighted by atomic mass is 35.5. The van der Waals surface area contributed by atoms with Crippen LogP contribution in [0.15, 0.2) is 65.1 Å². The van der Waals surface area contributed by atoms with Gasteiger partial charge in [-0.25, -0.2) is 0 Å². The van der Waals surface area contributed by atoms with Gasteiger partial charge in [0.05, 0.1) is 6.54 Å². The number of ketones is 1. The lowest BCUT2D eigenvalue weighted by molar-refractivity contribution is -0.132. The van der Waals surface area contributed by atoms with Crippen LogP contribution in [0, 0.1) is 6.92 Å². The van der Waals surface area contributed by atoms with Crippen molar-refractivity contribution in [2.75, 3.05) is 13.7 Å². The SMILES string of the molecule is Cc1ccc(CN(C)C(=O)COc2ccc(C(=O)c3ccc(Cl)cc3)cc2)o1. The van der Waals surface area contributed by atoms with Gasteiger partial charge >= 0.3 is 0 Å². The molecule has 144 valence electrons. The van der Waals surface area contributed by atoms with E-state index in [-0.39, 0.29) is 18.3 Å². The van der Waals surface area contributed by atoms with Crippen molar-refractivity contribution in [3.8, 4) is 5.75 Å². The van der Waals surface area contributed by atoms with Gasteiger partial charge in [0.1, 0.15) is 17.3 Å². The smallest absolute Gasteiger partial charge is 0.260 e. The van der Waals surface area contributed by atoms with Crippen molar-refractivity contribution < 1.29 is 18.7 Å². The molecule has 1 amide bonds. The number of amides is 1. The predicted molar refractivity (Wildman–Crippen MR) is 107 cm³/mol. The fraction of sp³-hybridized carbons (Fsp3) is 0.182. The third kappa shape index (κ3) is 5.02. The summed E-state index contributed by atoms with van der Waals surface area (Å²) in [6.45, 7) is 2.14. The summed E-state index contributed by atoms with van der Waals surface area (Å²) in [6.07, 6.45) is 0. The monoisotopic (exact) mass is 397 g/mol. The summed E-state index contributed by atoms with van der Waals surface area (Å²) < 4.78 is 11.0. The number of benzene rings is 2. The number of rotatable bonds is 7. The molecule has 0 N–H and O–H groups in total. The molecule has 0 saturated heterocycles. The second-order valence-corrected chi connectivity index (χ2v) is 6.85. The first kappa shape index (κ1) is 19.7. The molecule has 0 atom stereocenters. The highest BCUT2D eigenvalue weighted by Crippen LogP contribution is 2.17. The first-order chi connectivity index (χ1) is 13.4. The molecule has 0 saturated carbocycles. The van der Waals surface area contributed by atoms with Crippen molar-refractivity contribution in [2.45, 2.75) is 13.5 Å². The van der Waals surface area contributed by atoms with Gasteiger partial charge in [0.2, 0.25) is 0 Å². The van der Waals surface area contributed by atoms with Crippen LogP contribution in [0.1, 0.15) is 27.4 Å². The molecule has 1 aromatic heterocycles. The first-order valence-corrected chi connectivity index (χ1v) is 9.12. The van der Waals surface area contributed by atoms with Gasteiger partial charge in [-0.3, -0.25) is 9.59 Å². The first-order valence-electron chi connectivity index (χ1n) is 8.75. The molecule has 2 aromatic carbocycles. The van der Waals surface area contributed by atoms with Crippen LogP contribution in [-0.2, 0) is 11.3 Å². The topological polar surface area (TPSA) is 59.8 Å². The Bertz CT molecular complexity index is 961. The maximum atomic E-state index is 12.4. The number of furan rings is 1. The predicted octanol–water partition coefficient (Wildman–Crippen LogP) is 4.51. The number of likely N-dealkylation sites (N-methyl/N-ethyl adjacent to an activating group) is 1. The normalized spacial score (nSPS) is 10.5. The van der Waals surface area contributed by atoms with E-state index in [4.69, 9.17) is 20.8 Å². The quantitative estimate of drug-likeness (QED) is 0.550. The molecule has 6 heteroatoms. The van der Waals surface area contributed by atoms with Crippen molar-refractivity contribution >= 4 is 23.3 Å². The average Bonchev–Trinajstić information content (AvgIpc) is 3.11. The zero-order valence-electron chi connectivity index (χ0n) is 15.6. The molecule has 0 spiro atoms. The van der Waals surface area contributed by atoms with Gasteiger partial charge in [-0.1, -0.05) is 11.6 Å². The van der Waals surface area contributed by atoms with Crippen LogP contribution in [0.2, 0.25) is 5.02 Å². The molecule has 0 radical (unpaired) electrons. The maximum Gasteiger partial charge on any atom is 0.260 e. The Morgan fingerprint density at radius 2 is 1.57 bits per heavy atom. The molecule has 0 fully saturated rings. The largest absolute Gasteiger partial charge is 0.484 e. The minimum absolute atomic E-state index is 0.0966. The fourth-order valence-corrected chi connectivity index (χ4v) is 2.74. The molecule has 0 aliphatic heterocycles. The Balaban J connectivity index is 1.54. The molecule has 0 aliphatic rings. The van der Waals surface area contributed by atoms with Crippen molar-refractivity contribution in [1.29, 1.82) is 0 Å². The van der Waals surface area contributed by atoms with Crippen LogP contribution in [0.4, 0.5) is 0 Å². The van der Waals surface area contributed by atoms with Crippen molar-refractivity contribution in [3.05, 3.63) is 88.3 Å². The molecule has 28 heavy (non-hydrogen) atoms. The van der Waals surface area contributed by atoms with Gasteiger partial charge in [-0.2, -0.15) is 0 Å². The van der Waals surface area contributed by atoms with Gasteiger partial charge < -0.3 is 14.1 Å². The number of carbonyl (C=O) groups excluding carboxylic acids is 2. The van der Waals surface area contributed by atoms with Gasteiger partial charge in [0.15, 0.2) is 12.4 Å². The molecule has 0 bridgehead atoms. The molecule has 0 aliphatic carbocycles. The summed E-state index contributed by atoms with van der Waals surface area (Å²) in [5.41, 5.74) is 1.09. The van der Waals surface area contributed by atoms with Crippen LogP contribution in [0.25, 0.3) is 0 Å². The van der Waals surface area contributed by atoms with E-state index in [1.165, 1.54) is 4.90 Å². The molecule has 1 heterocycles. The molecular weight excluding hydrogens is 378 g/mol. The highest BCUT2D eigenvalue weighted by Gasteiger charge is 2.13. The number of nitrogens with zero attached hydrogens (tertiary/aromatic N) is 1. The third-order valence-corrected chi connectivity index (χ3v) is 4.45. The fourth-order valence-electron chi connectivity index (χ4n) is 2.62. The van der Waals surface area contributed by atoms with Crippen molar-refractivity contribution in [1.82, 2.24) is 4.90 Å². The van der Waals surface area contributed by atoms with E-state index in [2.05, 4.69) is 0 Å². The molecule has 5 nitrogen and oxygen atoms in total. The summed E-state index contributed by atoms with van der Waals surface area (Å²) in [5, 5.41) is 0.581.